The number of rotatable bonds is 9. The number of terminal acetylenes is 1. The Labute approximate surface area is 206 Å². The zero-order valence-corrected chi connectivity index (χ0v) is 20.0. The molecule has 1 N–H and O–H groups in total. The molecule has 4 rings (SSSR count). The third-order valence-electron chi connectivity index (χ3n) is 6.19. The molecule has 0 aliphatic carbocycles. The van der Waals surface area contributed by atoms with Crippen molar-refractivity contribution in [3.63, 3.8) is 0 Å². The van der Waals surface area contributed by atoms with Gasteiger partial charge in [0.25, 0.3) is 0 Å². The number of aliphatic hydroxyl groups excluding tert-OH is 1. The Hall–Kier alpha value is -3.31. The number of hydrogen-bond donors (Lipinski definition) is 1. The van der Waals surface area contributed by atoms with Crippen molar-refractivity contribution in [1.82, 2.24) is 14.9 Å². The highest BCUT2D eigenvalue weighted by Gasteiger charge is 2.24. The maximum Gasteiger partial charge on any atom is 0.161 e. The van der Waals surface area contributed by atoms with E-state index in [-0.39, 0.29) is 19.0 Å². The monoisotopic (exact) mass is 474 g/mol. The van der Waals surface area contributed by atoms with E-state index in [9.17, 15) is 9.50 Å². The number of nitrogens with zero attached hydrogens (tertiary/aromatic N) is 4. The predicted molar refractivity (Wildman–Crippen MR) is 136 cm³/mol. The molecule has 0 radical (unpaired) electrons. The van der Waals surface area contributed by atoms with Gasteiger partial charge in [-0.2, -0.15) is 0 Å². The predicted octanol–water partition coefficient (Wildman–Crippen LogP) is 3.31. The molecule has 0 amide bonds. The van der Waals surface area contributed by atoms with E-state index < -0.39 is 6.10 Å². The van der Waals surface area contributed by atoms with Crippen molar-refractivity contribution in [2.75, 3.05) is 50.8 Å². The van der Waals surface area contributed by atoms with Crippen LogP contribution in [0.15, 0.2) is 54.6 Å². The SMILES string of the molecule is C#CCOCC(O)CN1CCN(c2nc(-c3ccccc3)nc(C)c2Cc2ccccc2F)CC1. The van der Waals surface area contributed by atoms with Gasteiger partial charge in [-0.05, 0) is 18.6 Å². The van der Waals surface area contributed by atoms with Gasteiger partial charge in [0.1, 0.15) is 18.2 Å². The molecule has 1 fully saturated rings. The molecule has 2 aromatic carbocycles. The quantitative estimate of drug-likeness (QED) is 0.379. The fourth-order valence-corrected chi connectivity index (χ4v) is 4.34. The van der Waals surface area contributed by atoms with Crippen molar-refractivity contribution < 1.29 is 14.2 Å². The van der Waals surface area contributed by atoms with Crippen molar-refractivity contribution in [1.29, 1.82) is 0 Å². The Balaban J connectivity index is 1.56. The lowest BCUT2D eigenvalue weighted by Gasteiger charge is -2.37. The standard InChI is InChI=1S/C28H31FN4O2/c1-3-17-35-20-24(34)19-32-13-15-33(16-14-32)28-25(18-23-11-7-8-12-26(23)29)21(2)30-27(31-28)22-9-5-4-6-10-22/h1,4-12,24,34H,13-20H2,2H3. The number of aromatic nitrogens is 2. The minimum Gasteiger partial charge on any atom is -0.389 e. The molecule has 2 heterocycles. The molecule has 0 spiro atoms. The number of aliphatic hydroxyl groups is 1. The Kier molecular flexibility index (Phi) is 8.43. The number of benzene rings is 2. The van der Waals surface area contributed by atoms with Crippen LogP contribution in [0.25, 0.3) is 11.4 Å². The smallest absolute Gasteiger partial charge is 0.161 e. The Bertz CT molecular complexity index is 1160. The second kappa shape index (κ2) is 11.9. The van der Waals surface area contributed by atoms with E-state index in [1.54, 1.807) is 6.07 Å². The Morgan fingerprint density at radius 2 is 1.77 bits per heavy atom. The summed E-state index contributed by atoms with van der Waals surface area (Å²) in [5.41, 5.74) is 3.36. The van der Waals surface area contributed by atoms with E-state index in [1.807, 2.05) is 49.4 Å². The Morgan fingerprint density at radius 1 is 1.06 bits per heavy atom. The molecule has 1 saturated heterocycles. The lowest BCUT2D eigenvalue weighted by atomic mass is 10.0. The molecule has 1 unspecified atom stereocenters. The van der Waals surface area contributed by atoms with Crippen molar-refractivity contribution in [3.8, 4) is 23.7 Å². The van der Waals surface area contributed by atoms with Crippen LogP contribution in [0.3, 0.4) is 0 Å². The van der Waals surface area contributed by atoms with E-state index in [1.165, 1.54) is 6.07 Å². The molecule has 35 heavy (non-hydrogen) atoms. The summed E-state index contributed by atoms with van der Waals surface area (Å²) in [6.07, 6.45) is 5.03. The summed E-state index contributed by atoms with van der Waals surface area (Å²) in [5, 5.41) is 10.2. The number of aryl methyl sites for hydroxylation is 1. The number of piperazine rings is 1. The second-order valence-corrected chi connectivity index (χ2v) is 8.73. The van der Waals surface area contributed by atoms with Crippen LogP contribution in [0.1, 0.15) is 16.8 Å². The van der Waals surface area contributed by atoms with Gasteiger partial charge in [-0.1, -0.05) is 54.5 Å². The van der Waals surface area contributed by atoms with Crippen LogP contribution in [0.2, 0.25) is 0 Å². The summed E-state index contributed by atoms with van der Waals surface area (Å²) in [4.78, 5) is 14.2. The largest absolute Gasteiger partial charge is 0.389 e. The molecular weight excluding hydrogens is 443 g/mol. The fraction of sp³-hybridized carbons (Fsp3) is 0.357. The first-order valence-electron chi connectivity index (χ1n) is 11.9. The maximum atomic E-state index is 14.5. The molecule has 3 aromatic rings. The summed E-state index contributed by atoms with van der Waals surface area (Å²) >= 11 is 0. The van der Waals surface area contributed by atoms with E-state index in [2.05, 4.69) is 15.7 Å². The van der Waals surface area contributed by atoms with Crippen LogP contribution < -0.4 is 4.90 Å². The first-order chi connectivity index (χ1) is 17.0. The van der Waals surface area contributed by atoms with Gasteiger partial charge in [0.15, 0.2) is 5.82 Å². The third kappa shape index (κ3) is 6.43. The molecule has 7 heteroatoms. The van der Waals surface area contributed by atoms with Crippen molar-refractivity contribution in [2.45, 2.75) is 19.4 Å². The molecule has 1 aliphatic heterocycles. The van der Waals surface area contributed by atoms with Gasteiger partial charge in [-0.3, -0.25) is 4.90 Å². The average Bonchev–Trinajstić information content (AvgIpc) is 2.87. The van der Waals surface area contributed by atoms with Crippen LogP contribution in [0, 0.1) is 25.1 Å². The van der Waals surface area contributed by atoms with Crippen molar-refractivity contribution >= 4 is 5.82 Å². The van der Waals surface area contributed by atoms with Crippen LogP contribution in [-0.2, 0) is 11.2 Å². The zero-order chi connectivity index (χ0) is 24.6. The molecule has 1 aliphatic rings. The number of halogens is 1. The van der Waals surface area contributed by atoms with Gasteiger partial charge in [0.2, 0.25) is 0 Å². The number of anilines is 1. The molecule has 6 nitrogen and oxygen atoms in total. The summed E-state index contributed by atoms with van der Waals surface area (Å²) in [5.74, 6) is 3.69. The van der Waals surface area contributed by atoms with Crippen LogP contribution in [0.4, 0.5) is 10.2 Å². The van der Waals surface area contributed by atoms with Gasteiger partial charge < -0.3 is 14.7 Å². The number of hydrogen-bond acceptors (Lipinski definition) is 6. The van der Waals surface area contributed by atoms with Gasteiger partial charge in [0, 0.05) is 56.0 Å². The minimum atomic E-state index is -0.586. The van der Waals surface area contributed by atoms with Crippen LogP contribution in [-0.4, -0.2) is 72.0 Å². The van der Waals surface area contributed by atoms with E-state index in [0.717, 1.165) is 48.8 Å². The van der Waals surface area contributed by atoms with Crippen LogP contribution in [0.5, 0.6) is 0 Å². The van der Waals surface area contributed by atoms with Gasteiger partial charge in [-0.25, -0.2) is 14.4 Å². The summed E-state index contributed by atoms with van der Waals surface area (Å²) < 4.78 is 19.8. The summed E-state index contributed by atoms with van der Waals surface area (Å²) in [6.45, 7) is 5.95. The van der Waals surface area contributed by atoms with Gasteiger partial charge in [-0.15, -0.1) is 6.42 Å². The highest BCUT2D eigenvalue weighted by atomic mass is 19.1. The average molecular weight is 475 g/mol. The summed E-state index contributed by atoms with van der Waals surface area (Å²) in [7, 11) is 0. The fourth-order valence-electron chi connectivity index (χ4n) is 4.34. The molecule has 1 aromatic heterocycles. The first kappa shape index (κ1) is 24.8. The normalized spacial score (nSPS) is 15.1. The second-order valence-electron chi connectivity index (χ2n) is 8.73. The lowest BCUT2D eigenvalue weighted by molar-refractivity contribution is 0.0267. The van der Waals surface area contributed by atoms with Gasteiger partial charge in [0.05, 0.1) is 12.7 Å². The molecule has 0 bridgehead atoms. The summed E-state index contributed by atoms with van der Waals surface area (Å²) in [6, 6.07) is 16.8. The molecule has 1 atom stereocenters. The lowest BCUT2D eigenvalue weighted by Crippen LogP contribution is -2.49. The topological polar surface area (TPSA) is 61.7 Å². The minimum absolute atomic E-state index is 0.201. The van der Waals surface area contributed by atoms with E-state index in [0.29, 0.717) is 24.4 Å². The van der Waals surface area contributed by atoms with Crippen LogP contribution >= 0.6 is 0 Å². The number of β-amino-alcohol motifs (C(OH)–C–C–N with tert-alkyl or cyclic N) is 1. The molecule has 182 valence electrons. The maximum absolute atomic E-state index is 14.5. The third-order valence-corrected chi connectivity index (χ3v) is 6.19. The first-order valence-corrected chi connectivity index (χ1v) is 11.9. The van der Waals surface area contributed by atoms with Gasteiger partial charge >= 0.3 is 0 Å². The van der Waals surface area contributed by atoms with E-state index >= 15 is 0 Å². The van der Waals surface area contributed by atoms with Crippen molar-refractivity contribution in [2.24, 2.45) is 0 Å². The Morgan fingerprint density at radius 3 is 2.49 bits per heavy atom. The highest BCUT2D eigenvalue weighted by Crippen LogP contribution is 2.29. The molecular formula is C28H31FN4O2. The van der Waals surface area contributed by atoms with E-state index in [4.69, 9.17) is 21.1 Å². The zero-order valence-electron chi connectivity index (χ0n) is 20.0. The number of ether oxygens (including phenoxy) is 1. The van der Waals surface area contributed by atoms with Crippen molar-refractivity contribution in [3.05, 3.63) is 77.2 Å². The molecule has 0 saturated carbocycles. The highest BCUT2D eigenvalue weighted by molar-refractivity contribution is 5.61.